The van der Waals surface area contributed by atoms with Crippen molar-refractivity contribution < 1.29 is 9.53 Å². The van der Waals surface area contributed by atoms with Gasteiger partial charge in [-0.05, 0) is 26.8 Å². The highest BCUT2D eigenvalue weighted by Gasteiger charge is 2.28. The van der Waals surface area contributed by atoms with Crippen molar-refractivity contribution in [2.75, 3.05) is 19.7 Å². The fraction of sp³-hybridized carbons (Fsp3) is 0.889. The van der Waals surface area contributed by atoms with Crippen LogP contribution in [0.5, 0.6) is 0 Å². The smallest absolute Gasteiger partial charge is 0.410 e. The van der Waals surface area contributed by atoms with Crippen LogP contribution in [0.4, 0.5) is 4.79 Å². The Morgan fingerprint density at radius 1 is 1.69 bits per heavy atom. The second kappa shape index (κ2) is 4.46. The highest BCUT2D eigenvalue weighted by atomic mass is 16.6. The number of rotatable bonds is 3. The predicted molar refractivity (Wildman–Crippen MR) is 50.4 cm³/mol. The van der Waals surface area contributed by atoms with Gasteiger partial charge in [-0.2, -0.15) is 0 Å². The summed E-state index contributed by atoms with van der Waals surface area (Å²) < 4.78 is 5.05. The summed E-state index contributed by atoms with van der Waals surface area (Å²) in [6.45, 7) is 5.96. The highest BCUT2D eigenvalue weighted by Crippen LogP contribution is 2.16. The summed E-state index contributed by atoms with van der Waals surface area (Å²) in [4.78, 5) is 13.0. The number of hydrogen-bond donors (Lipinski definition) is 1. The molecule has 1 amide bonds. The van der Waals surface area contributed by atoms with E-state index in [1.165, 1.54) is 0 Å². The van der Waals surface area contributed by atoms with Gasteiger partial charge in [-0.1, -0.05) is 0 Å². The van der Waals surface area contributed by atoms with Crippen molar-refractivity contribution in [3.05, 3.63) is 0 Å². The summed E-state index contributed by atoms with van der Waals surface area (Å²) in [5.74, 6) is 0.407. The first-order valence-electron chi connectivity index (χ1n) is 4.78. The molecule has 1 aliphatic heterocycles. The number of cyclic esters (lactones) is 1. The van der Waals surface area contributed by atoms with Crippen LogP contribution in [0.2, 0.25) is 0 Å². The molecule has 1 unspecified atom stereocenters. The quantitative estimate of drug-likeness (QED) is 0.709. The highest BCUT2D eigenvalue weighted by molar-refractivity contribution is 5.68. The van der Waals surface area contributed by atoms with E-state index in [0.29, 0.717) is 19.1 Å². The van der Waals surface area contributed by atoms with Crippen molar-refractivity contribution in [1.29, 1.82) is 0 Å². The molecule has 4 heteroatoms. The summed E-state index contributed by atoms with van der Waals surface area (Å²) in [6, 6.07) is 0.216. The third-order valence-electron chi connectivity index (χ3n) is 2.33. The van der Waals surface area contributed by atoms with Gasteiger partial charge in [-0.15, -0.1) is 0 Å². The predicted octanol–water partition coefficient (Wildman–Crippen LogP) is 0.812. The number of carbonyl (C=O) groups excluding carboxylic acids is 1. The molecule has 1 rings (SSSR count). The van der Waals surface area contributed by atoms with Crippen molar-refractivity contribution in [2.24, 2.45) is 11.7 Å². The third-order valence-corrected chi connectivity index (χ3v) is 2.33. The van der Waals surface area contributed by atoms with Gasteiger partial charge in [0.1, 0.15) is 0 Å². The fourth-order valence-electron chi connectivity index (χ4n) is 1.51. The van der Waals surface area contributed by atoms with Crippen LogP contribution in [0.1, 0.15) is 20.3 Å². The third kappa shape index (κ3) is 2.59. The minimum Gasteiger partial charge on any atom is -0.449 e. The molecule has 1 atom stereocenters. The van der Waals surface area contributed by atoms with E-state index < -0.39 is 0 Å². The molecule has 1 aliphatic rings. The van der Waals surface area contributed by atoms with Crippen molar-refractivity contribution in [3.8, 4) is 0 Å². The normalized spacial score (nSPS) is 23.5. The molecule has 0 aliphatic carbocycles. The number of hydrogen-bond acceptors (Lipinski definition) is 3. The van der Waals surface area contributed by atoms with E-state index in [-0.39, 0.29) is 12.1 Å². The van der Waals surface area contributed by atoms with Gasteiger partial charge in [0, 0.05) is 18.5 Å². The lowest BCUT2D eigenvalue weighted by Gasteiger charge is -2.34. The molecular weight excluding hydrogens is 168 g/mol. The van der Waals surface area contributed by atoms with Crippen LogP contribution in [0.3, 0.4) is 0 Å². The number of amides is 1. The van der Waals surface area contributed by atoms with E-state index in [0.717, 1.165) is 13.0 Å². The Morgan fingerprint density at radius 2 is 2.38 bits per heavy atom. The average Bonchev–Trinajstić information content (AvgIpc) is 2.08. The van der Waals surface area contributed by atoms with Gasteiger partial charge in [0.05, 0.1) is 6.61 Å². The van der Waals surface area contributed by atoms with Crippen LogP contribution in [-0.2, 0) is 4.74 Å². The van der Waals surface area contributed by atoms with Gasteiger partial charge in [-0.3, -0.25) is 0 Å². The molecule has 0 aromatic rings. The summed E-state index contributed by atoms with van der Waals surface area (Å²) >= 11 is 0. The van der Waals surface area contributed by atoms with Crippen molar-refractivity contribution in [2.45, 2.75) is 26.3 Å². The molecule has 76 valence electrons. The van der Waals surface area contributed by atoms with Crippen molar-refractivity contribution >= 4 is 6.09 Å². The van der Waals surface area contributed by atoms with Gasteiger partial charge < -0.3 is 15.4 Å². The lowest BCUT2D eigenvalue weighted by atomic mass is 10.0. The van der Waals surface area contributed by atoms with Crippen LogP contribution in [0, 0.1) is 5.92 Å². The lowest BCUT2D eigenvalue weighted by Crippen LogP contribution is -2.46. The summed E-state index contributed by atoms with van der Waals surface area (Å²) in [5.41, 5.74) is 5.46. The second-order valence-electron chi connectivity index (χ2n) is 3.77. The molecule has 2 N–H and O–H groups in total. The molecule has 0 bridgehead atoms. The first-order valence-corrected chi connectivity index (χ1v) is 4.78. The molecule has 0 aromatic carbocycles. The minimum absolute atomic E-state index is 0.191. The Bertz CT molecular complexity index is 182. The summed E-state index contributed by atoms with van der Waals surface area (Å²) in [6.07, 6.45) is 0.736. The second-order valence-corrected chi connectivity index (χ2v) is 3.77. The number of ether oxygens (including phenoxy) is 1. The maximum absolute atomic E-state index is 11.3. The lowest BCUT2D eigenvalue weighted by molar-refractivity contribution is 0.0303. The van der Waals surface area contributed by atoms with E-state index >= 15 is 0 Å². The molecule has 0 saturated carbocycles. The molecule has 0 spiro atoms. The van der Waals surface area contributed by atoms with Gasteiger partial charge in [0.2, 0.25) is 0 Å². The van der Waals surface area contributed by atoms with E-state index in [1.54, 1.807) is 4.90 Å². The molecule has 1 fully saturated rings. The van der Waals surface area contributed by atoms with E-state index in [1.807, 2.05) is 13.8 Å². The molecule has 4 nitrogen and oxygen atoms in total. The molecule has 13 heavy (non-hydrogen) atoms. The molecular formula is C9H18N2O2. The molecule has 1 heterocycles. The van der Waals surface area contributed by atoms with Crippen molar-refractivity contribution in [1.82, 2.24) is 4.90 Å². The number of carbonyl (C=O) groups is 1. The Hall–Kier alpha value is -0.770. The Morgan fingerprint density at radius 3 is 2.92 bits per heavy atom. The minimum atomic E-state index is -0.191. The van der Waals surface area contributed by atoms with Gasteiger partial charge in [0.15, 0.2) is 0 Å². The van der Waals surface area contributed by atoms with Crippen LogP contribution in [-0.4, -0.2) is 36.7 Å². The van der Waals surface area contributed by atoms with Gasteiger partial charge in [0.25, 0.3) is 0 Å². The Balaban J connectivity index is 2.48. The summed E-state index contributed by atoms with van der Waals surface area (Å²) in [5, 5.41) is 0. The van der Waals surface area contributed by atoms with Crippen molar-refractivity contribution in [3.63, 3.8) is 0 Å². The van der Waals surface area contributed by atoms with E-state index in [2.05, 4.69) is 0 Å². The van der Waals surface area contributed by atoms with Crippen LogP contribution in [0.15, 0.2) is 0 Å². The fourth-order valence-corrected chi connectivity index (χ4v) is 1.51. The van der Waals surface area contributed by atoms with Crippen LogP contribution >= 0.6 is 0 Å². The Kier molecular flexibility index (Phi) is 3.54. The zero-order valence-corrected chi connectivity index (χ0v) is 8.32. The van der Waals surface area contributed by atoms with E-state index in [9.17, 15) is 4.79 Å². The number of nitrogens with zero attached hydrogens (tertiary/aromatic N) is 1. The van der Waals surface area contributed by atoms with E-state index in [4.69, 9.17) is 10.5 Å². The zero-order valence-electron chi connectivity index (χ0n) is 8.32. The summed E-state index contributed by atoms with van der Waals surface area (Å²) in [7, 11) is 0. The van der Waals surface area contributed by atoms with Gasteiger partial charge in [-0.25, -0.2) is 4.79 Å². The average molecular weight is 186 g/mol. The molecule has 0 aromatic heterocycles. The first kappa shape index (κ1) is 10.3. The molecule has 0 radical (unpaired) electrons. The standard InChI is InChI=1S/C9H18N2O2/c1-7(2)11-5-8(3-4-10)6-13-9(11)12/h7-8H,3-6,10H2,1-2H3. The maximum atomic E-state index is 11.3. The topological polar surface area (TPSA) is 55.6 Å². The van der Waals surface area contributed by atoms with Crippen LogP contribution in [0.25, 0.3) is 0 Å². The van der Waals surface area contributed by atoms with Gasteiger partial charge >= 0.3 is 6.09 Å². The maximum Gasteiger partial charge on any atom is 0.410 e. The Labute approximate surface area is 79.0 Å². The van der Waals surface area contributed by atoms with Crippen LogP contribution < -0.4 is 5.73 Å². The zero-order chi connectivity index (χ0) is 9.84. The molecule has 1 saturated heterocycles. The monoisotopic (exact) mass is 186 g/mol. The SMILES string of the molecule is CC(C)N1CC(CCN)COC1=O. The largest absolute Gasteiger partial charge is 0.449 e. The first-order chi connectivity index (χ1) is 6.15. The number of nitrogens with two attached hydrogens (primary N) is 1.